The van der Waals surface area contributed by atoms with Crippen LogP contribution in [0.5, 0.6) is 0 Å². The molecule has 2 heteroatoms. The van der Waals surface area contributed by atoms with E-state index in [0.29, 0.717) is 6.54 Å². The maximum Gasteiger partial charge on any atom is 0.0608 e. The van der Waals surface area contributed by atoms with E-state index in [1.54, 1.807) is 0 Å². The Balaban J connectivity index is 2.40. The number of nitrogens with two attached hydrogens (primary N) is 1. The molecule has 0 aromatic heterocycles. The number of unbranched alkanes of at least 4 members (excludes halogenated alkanes) is 2. The van der Waals surface area contributed by atoms with E-state index in [2.05, 4.69) is 6.92 Å². The van der Waals surface area contributed by atoms with Gasteiger partial charge in [-0.25, -0.2) is 0 Å². The van der Waals surface area contributed by atoms with Crippen LogP contribution in [0.15, 0.2) is 0 Å². The molecule has 0 saturated heterocycles. The van der Waals surface area contributed by atoms with Gasteiger partial charge in [0, 0.05) is 12.0 Å². The minimum absolute atomic E-state index is 0.0615. The molecular formula is C13H27NO. The predicted molar refractivity (Wildman–Crippen MR) is 64.7 cm³/mol. The van der Waals surface area contributed by atoms with Gasteiger partial charge in [0.1, 0.15) is 0 Å². The third-order valence-corrected chi connectivity index (χ3v) is 4.04. The second kappa shape index (κ2) is 6.49. The van der Waals surface area contributed by atoms with E-state index < -0.39 is 0 Å². The fourth-order valence-corrected chi connectivity index (χ4v) is 2.82. The molecule has 0 aromatic carbocycles. The van der Waals surface area contributed by atoms with Crippen LogP contribution in [0, 0.1) is 5.41 Å². The molecule has 1 fully saturated rings. The zero-order valence-corrected chi connectivity index (χ0v) is 10.2. The second-order valence-corrected chi connectivity index (χ2v) is 5.14. The number of aliphatic hydroxyl groups excluding tert-OH is 1. The summed E-state index contributed by atoms with van der Waals surface area (Å²) in [7, 11) is 0. The zero-order chi connectivity index (χ0) is 11.1. The van der Waals surface area contributed by atoms with Crippen molar-refractivity contribution in [2.24, 2.45) is 11.1 Å². The summed E-state index contributed by atoms with van der Waals surface area (Å²) in [6, 6.07) is 0. The van der Waals surface area contributed by atoms with Gasteiger partial charge in [-0.3, -0.25) is 0 Å². The smallest absolute Gasteiger partial charge is 0.0608 e. The first-order valence-electron chi connectivity index (χ1n) is 6.63. The molecule has 0 aromatic rings. The summed E-state index contributed by atoms with van der Waals surface area (Å²) in [5.41, 5.74) is 5.94. The molecule has 1 saturated carbocycles. The minimum atomic E-state index is -0.158. The average molecular weight is 213 g/mol. The summed E-state index contributed by atoms with van der Waals surface area (Å²) >= 11 is 0. The van der Waals surface area contributed by atoms with Crippen molar-refractivity contribution in [3.05, 3.63) is 0 Å². The summed E-state index contributed by atoms with van der Waals surface area (Å²) in [5.74, 6) is 0. The Bertz CT molecular complexity index is 164. The van der Waals surface area contributed by atoms with Crippen LogP contribution in [-0.2, 0) is 0 Å². The third-order valence-electron chi connectivity index (χ3n) is 4.04. The van der Waals surface area contributed by atoms with Gasteiger partial charge in [-0.2, -0.15) is 0 Å². The first kappa shape index (κ1) is 13.0. The van der Waals surface area contributed by atoms with Crippen LogP contribution in [-0.4, -0.2) is 17.8 Å². The van der Waals surface area contributed by atoms with Crippen LogP contribution in [0.2, 0.25) is 0 Å². The Hall–Kier alpha value is -0.0800. The van der Waals surface area contributed by atoms with E-state index in [4.69, 9.17) is 5.73 Å². The molecule has 0 heterocycles. The molecule has 1 aliphatic carbocycles. The number of hydrogen-bond donors (Lipinski definition) is 2. The highest BCUT2D eigenvalue weighted by molar-refractivity contribution is 4.89. The predicted octanol–water partition coefficient (Wildman–Crippen LogP) is 2.84. The lowest BCUT2D eigenvalue weighted by molar-refractivity contribution is -0.00431. The maximum absolute atomic E-state index is 10.3. The highest BCUT2D eigenvalue weighted by atomic mass is 16.3. The fraction of sp³-hybridized carbons (Fsp3) is 1.00. The Morgan fingerprint density at radius 2 is 1.87 bits per heavy atom. The zero-order valence-electron chi connectivity index (χ0n) is 10.2. The molecule has 15 heavy (non-hydrogen) atoms. The molecule has 1 atom stereocenters. The Kier molecular flexibility index (Phi) is 5.62. The fourth-order valence-electron chi connectivity index (χ4n) is 2.82. The summed E-state index contributed by atoms with van der Waals surface area (Å²) in [5, 5.41) is 10.3. The van der Waals surface area contributed by atoms with Crippen molar-refractivity contribution in [3.63, 3.8) is 0 Å². The number of rotatable bonds is 6. The maximum atomic E-state index is 10.3. The van der Waals surface area contributed by atoms with Gasteiger partial charge >= 0.3 is 0 Å². The van der Waals surface area contributed by atoms with Gasteiger partial charge in [0.05, 0.1) is 6.10 Å². The monoisotopic (exact) mass is 213 g/mol. The quantitative estimate of drug-likeness (QED) is 0.666. The summed E-state index contributed by atoms with van der Waals surface area (Å²) < 4.78 is 0. The first-order chi connectivity index (χ1) is 7.25. The normalized spacial score (nSPS) is 22.6. The molecule has 0 amide bonds. The molecule has 1 aliphatic rings. The molecule has 2 nitrogen and oxygen atoms in total. The van der Waals surface area contributed by atoms with Gasteiger partial charge in [-0.05, 0) is 19.3 Å². The highest BCUT2D eigenvalue weighted by Gasteiger charge is 2.37. The molecule has 1 unspecified atom stereocenters. The van der Waals surface area contributed by atoms with E-state index >= 15 is 0 Å². The van der Waals surface area contributed by atoms with E-state index in [1.165, 1.54) is 32.1 Å². The summed E-state index contributed by atoms with van der Waals surface area (Å²) in [6.45, 7) is 2.87. The molecule has 0 spiro atoms. The average Bonchev–Trinajstić information content (AvgIpc) is 2.30. The van der Waals surface area contributed by atoms with Crippen LogP contribution < -0.4 is 5.73 Å². The first-order valence-corrected chi connectivity index (χ1v) is 6.63. The van der Waals surface area contributed by atoms with Crippen LogP contribution in [0.4, 0.5) is 0 Å². The summed E-state index contributed by atoms with van der Waals surface area (Å²) in [4.78, 5) is 0. The molecule has 1 rings (SSSR count). The molecular weight excluding hydrogens is 186 g/mol. The van der Waals surface area contributed by atoms with Crippen molar-refractivity contribution in [1.82, 2.24) is 0 Å². The topological polar surface area (TPSA) is 46.2 Å². The van der Waals surface area contributed by atoms with E-state index in [-0.39, 0.29) is 11.5 Å². The number of aliphatic hydroxyl groups is 1. The van der Waals surface area contributed by atoms with Crippen molar-refractivity contribution in [2.45, 2.75) is 70.8 Å². The SMILES string of the molecule is CCCCCC(O)C1(CN)CCCCC1. The van der Waals surface area contributed by atoms with Gasteiger partial charge in [-0.15, -0.1) is 0 Å². The molecule has 0 aliphatic heterocycles. The Labute approximate surface area is 94.2 Å². The van der Waals surface area contributed by atoms with Crippen molar-refractivity contribution < 1.29 is 5.11 Å². The lowest BCUT2D eigenvalue weighted by Crippen LogP contribution is -2.43. The van der Waals surface area contributed by atoms with Gasteiger partial charge < -0.3 is 10.8 Å². The number of hydrogen-bond acceptors (Lipinski definition) is 2. The van der Waals surface area contributed by atoms with Crippen LogP contribution >= 0.6 is 0 Å². The second-order valence-electron chi connectivity index (χ2n) is 5.14. The van der Waals surface area contributed by atoms with Crippen LogP contribution in [0.1, 0.15) is 64.7 Å². The van der Waals surface area contributed by atoms with Crippen molar-refractivity contribution in [1.29, 1.82) is 0 Å². The van der Waals surface area contributed by atoms with Crippen molar-refractivity contribution in [2.75, 3.05) is 6.54 Å². The lowest BCUT2D eigenvalue weighted by Gasteiger charge is -2.40. The van der Waals surface area contributed by atoms with E-state index in [9.17, 15) is 5.11 Å². The van der Waals surface area contributed by atoms with Gasteiger partial charge in [-0.1, -0.05) is 45.4 Å². The molecule has 0 radical (unpaired) electrons. The van der Waals surface area contributed by atoms with Crippen molar-refractivity contribution >= 4 is 0 Å². The van der Waals surface area contributed by atoms with Gasteiger partial charge in [0.15, 0.2) is 0 Å². The lowest BCUT2D eigenvalue weighted by atomic mass is 9.69. The van der Waals surface area contributed by atoms with Gasteiger partial charge in [0.2, 0.25) is 0 Å². The Morgan fingerprint density at radius 3 is 2.40 bits per heavy atom. The minimum Gasteiger partial charge on any atom is -0.393 e. The third kappa shape index (κ3) is 3.46. The van der Waals surface area contributed by atoms with Crippen molar-refractivity contribution in [3.8, 4) is 0 Å². The van der Waals surface area contributed by atoms with E-state index in [1.807, 2.05) is 0 Å². The molecule has 90 valence electrons. The standard InChI is InChI=1S/C13H27NO/c1-2-3-5-8-12(15)13(11-14)9-6-4-7-10-13/h12,15H,2-11,14H2,1H3. The molecule has 3 N–H and O–H groups in total. The van der Waals surface area contributed by atoms with Crippen LogP contribution in [0.25, 0.3) is 0 Å². The summed E-state index contributed by atoms with van der Waals surface area (Å²) in [6.07, 6.45) is 10.5. The Morgan fingerprint density at radius 1 is 1.20 bits per heavy atom. The van der Waals surface area contributed by atoms with Gasteiger partial charge in [0.25, 0.3) is 0 Å². The largest absolute Gasteiger partial charge is 0.393 e. The van der Waals surface area contributed by atoms with E-state index in [0.717, 1.165) is 25.7 Å². The van der Waals surface area contributed by atoms with Crippen LogP contribution in [0.3, 0.4) is 0 Å². The highest BCUT2D eigenvalue weighted by Crippen LogP contribution is 2.39. The molecule has 0 bridgehead atoms.